The van der Waals surface area contributed by atoms with Crippen LogP contribution in [0.3, 0.4) is 0 Å². The number of aromatic carboxylic acids is 1. The van der Waals surface area contributed by atoms with Gasteiger partial charge >= 0.3 is 5.97 Å². The van der Waals surface area contributed by atoms with Gasteiger partial charge in [0.05, 0.1) is 18.2 Å². The van der Waals surface area contributed by atoms with Crippen molar-refractivity contribution < 1.29 is 19.0 Å². The highest BCUT2D eigenvalue weighted by molar-refractivity contribution is 5.87. The van der Waals surface area contributed by atoms with Crippen LogP contribution in [0.15, 0.2) is 60.8 Å². The normalized spacial score (nSPS) is 13.9. The Kier molecular flexibility index (Phi) is 5.52. The third kappa shape index (κ3) is 4.20. The van der Waals surface area contributed by atoms with Gasteiger partial charge in [0.2, 0.25) is 0 Å². The number of hydrogen-bond acceptors (Lipinski definition) is 5. The first-order valence-corrected chi connectivity index (χ1v) is 9.72. The van der Waals surface area contributed by atoms with Crippen molar-refractivity contribution in [2.75, 3.05) is 23.4 Å². The van der Waals surface area contributed by atoms with Crippen LogP contribution in [0.1, 0.15) is 34.5 Å². The van der Waals surface area contributed by atoms with Crippen LogP contribution in [0.4, 0.5) is 15.9 Å². The third-order valence-corrected chi connectivity index (χ3v) is 5.12. The Morgan fingerprint density at radius 1 is 1.20 bits per heavy atom. The molecule has 0 bridgehead atoms. The van der Waals surface area contributed by atoms with Crippen LogP contribution in [0.2, 0.25) is 0 Å². The van der Waals surface area contributed by atoms with Gasteiger partial charge in [-0.05, 0) is 42.3 Å². The predicted molar refractivity (Wildman–Crippen MR) is 113 cm³/mol. The Bertz CT molecular complexity index is 1040. The van der Waals surface area contributed by atoms with E-state index in [2.05, 4.69) is 15.2 Å². The maximum Gasteiger partial charge on any atom is 0.335 e. The van der Waals surface area contributed by atoms with Crippen LogP contribution in [0.5, 0.6) is 5.75 Å². The minimum absolute atomic E-state index is 0.0959. The molecule has 1 aliphatic heterocycles. The van der Waals surface area contributed by atoms with Crippen molar-refractivity contribution in [2.45, 2.75) is 19.5 Å². The first-order chi connectivity index (χ1) is 14.5. The van der Waals surface area contributed by atoms with Crippen molar-refractivity contribution in [1.82, 2.24) is 4.98 Å². The summed E-state index contributed by atoms with van der Waals surface area (Å²) in [4.78, 5) is 17.8. The molecule has 2 heterocycles. The van der Waals surface area contributed by atoms with E-state index in [0.717, 1.165) is 22.6 Å². The number of anilines is 2. The number of nitrogens with zero attached hydrogens (tertiary/aromatic N) is 2. The lowest BCUT2D eigenvalue weighted by atomic mass is 10.1. The lowest BCUT2D eigenvalue weighted by Gasteiger charge is -2.33. The molecule has 0 amide bonds. The van der Waals surface area contributed by atoms with Crippen molar-refractivity contribution in [3.8, 4) is 5.75 Å². The van der Waals surface area contributed by atoms with Crippen LogP contribution in [-0.4, -0.2) is 29.2 Å². The fourth-order valence-corrected chi connectivity index (χ4v) is 3.51. The Balaban J connectivity index is 1.58. The first-order valence-electron chi connectivity index (χ1n) is 9.72. The molecule has 0 spiro atoms. The maximum atomic E-state index is 13.3. The molecule has 1 atom stereocenters. The molecular weight excluding hydrogens is 385 g/mol. The number of aromatic nitrogens is 1. The van der Waals surface area contributed by atoms with E-state index in [1.165, 1.54) is 12.1 Å². The van der Waals surface area contributed by atoms with Crippen molar-refractivity contribution in [3.63, 3.8) is 0 Å². The number of carboxylic acid groups (broad SMARTS) is 1. The van der Waals surface area contributed by atoms with Crippen LogP contribution in [-0.2, 0) is 6.54 Å². The quantitative estimate of drug-likeness (QED) is 0.627. The number of benzene rings is 2. The van der Waals surface area contributed by atoms with Crippen molar-refractivity contribution in [3.05, 3.63) is 83.3 Å². The monoisotopic (exact) mass is 407 g/mol. The Morgan fingerprint density at radius 3 is 2.63 bits per heavy atom. The molecule has 4 rings (SSSR count). The standard InChI is InChI=1S/C23H22FN3O3/c1-15(17-4-6-18(7-5-17)23(28)29)26-22-21-20(10-11-25-22)30-13-12-27(21)14-16-2-8-19(24)9-3-16/h2-11,15H,12-14H2,1H3,(H,25,26)(H,28,29). The van der Waals surface area contributed by atoms with E-state index in [-0.39, 0.29) is 17.4 Å². The summed E-state index contributed by atoms with van der Waals surface area (Å²) in [6.45, 7) is 3.85. The van der Waals surface area contributed by atoms with Gasteiger partial charge in [-0.2, -0.15) is 0 Å². The second-order valence-electron chi connectivity index (χ2n) is 7.20. The SMILES string of the molecule is CC(Nc1nccc2c1N(Cc1ccc(F)cc1)CCO2)c1ccc(C(=O)O)cc1. The second-order valence-corrected chi connectivity index (χ2v) is 7.20. The third-order valence-electron chi connectivity index (χ3n) is 5.12. The maximum absolute atomic E-state index is 13.3. The van der Waals surface area contributed by atoms with E-state index < -0.39 is 5.97 Å². The molecular formula is C23H22FN3O3. The molecule has 154 valence electrons. The summed E-state index contributed by atoms with van der Waals surface area (Å²) in [6, 6.07) is 15.0. The number of rotatable bonds is 6. The summed E-state index contributed by atoms with van der Waals surface area (Å²) in [5.41, 5.74) is 3.06. The van der Waals surface area contributed by atoms with E-state index in [0.29, 0.717) is 25.5 Å². The zero-order valence-corrected chi connectivity index (χ0v) is 16.5. The van der Waals surface area contributed by atoms with Gasteiger partial charge in [-0.25, -0.2) is 14.2 Å². The molecule has 6 nitrogen and oxygen atoms in total. The van der Waals surface area contributed by atoms with Gasteiger partial charge < -0.3 is 20.1 Å². The van der Waals surface area contributed by atoms with E-state index in [4.69, 9.17) is 9.84 Å². The Hall–Kier alpha value is -3.61. The fraction of sp³-hybridized carbons (Fsp3) is 0.217. The van der Waals surface area contributed by atoms with Crippen LogP contribution in [0, 0.1) is 5.82 Å². The molecule has 1 aliphatic rings. The van der Waals surface area contributed by atoms with Gasteiger partial charge in [-0.15, -0.1) is 0 Å². The molecule has 3 aromatic rings. The Labute approximate surface area is 173 Å². The topological polar surface area (TPSA) is 74.7 Å². The van der Waals surface area contributed by atoms with Gasteiger partial charge in [0.1, 0.15) is 23.9 Å². The molecule has 2 aromatic carbocycles. The fourth-order valence-electron chi connectivity index (χ4n) is 3.51. The number of nitrogens with one attached hydrogen (secondary N) is 1. The molecule has 30 heavy (non-hydrogen) atoms. The zero-order chi connectivity index (χ0) is 21.1. The molecule has 0 aliphatic carbocycles. The first kappa shape index (κ1) is 19.7. The summed E-state index contributed by atoms with van der Waals surface area (Å²) in [5, 5.41) is 12.5. The van der Waals surface area contributed by atoms with E-state index in [1.807, 2.05) is 13.0 Å². The molecule has 0 saturated carbocycles. The van der Waals surface area contributed by atoms with Crippen LogP contribution in [0.25, 0.3) is 0 Å². The number of pyridine rings is 1. The summed E-state index contributed by atoms with van der Waals surface area (Å²) >= 11 is 0. The van der Waals surface area contributed by atoms with Gasteiger partial charge in [0.15, 0.2) is 5.82 Å². The average Bonchev–Trinajstić information content (AvgIpc) is 2.75. The van der Waals surface area contributed by atoms with Gasteiger partial charge in [-0.3, -0.25) is 0 Å². The number of hydrogen-bond donors (Lipinski definition) is 2. The highest BCUT2D eigenvalue weighted by Crippen LogP contribution is 2.39. The van der Waals surface area contributed by atoms with E-state index >= 15 is 0 Å². The zero-order valence-electron chi connectivity index (χ0n) is 16.5. The Morgan fingerprint density at radius 2 is 1.93 bits per heavy atom. The summed E-state index contributed by atoms with van der Waals surface area (Å²) in [7, 11) is 0. The molecule has 0 fully saturated rings. The van der Waals surface area contributed by atoms with Crippen LogP contribution < -0.4 is 15.0 Å². The van der Waals surface area contributed by atoms with Crippen molar-refractivity contribution in [2.24, 2.45) is 0 Å². The number of ether oxygens (including phenoxy) is 1. The number of halogens is 1. The largest absolute Gasteiger partial charge is 0.489 e. The summed E-state index contributed by atoms with van der Waals surface area (Å²) < 4.78 is 19.1. The smallest absolute Gasteiger partial charge is 0.335 e. The number of carbonyl (C=O) groups is 1. The summed E-state index contributed by atoms with van der Waals surface area (Å²) in [6.07, 6.45) is 1.70. The van der Waals surface area contributed by atoms with Crippen LogP contribution >= 0.6 is 0 Å². The van der Waals surface area contributed by atoms with E-state index in [9.17, 15) is 9.18 Å². The minimum Gasteiger partial charge on any atom is -0.489 e. The molecule has 1 unspecified atom stereocenters. The average molecular weight is 407 g/mol. The highest BCUT2D eigenvalue weighted by atomic mass is 19.1. The van der Waals surface area contributed by atoms with Gasteiger partial charge in [0.25, 0.3) is 0 Å². The van der Waals surface area contributed by atoms with Crippen molar-refractivity contribution >= 4 is 17.5 Å². The summed E-state index contributed by atoms with van der Waals surface area (Å²) in [5.74, 6) is 0.223. The molecule has 1 aromatic heterocycles. The number of carboxylic acids is 1. The molecule has 7 heteroatoms. The lowest BCUT2D eigenvalue weighted by molar-refractivity contribution is 0.0697. The predicted octanol–water partition coefficient (Wildman–Crippen LogP) is 4.49. The number of fused-ring (bicyclic) bond motifs is 1. The second kappa shape index (κ2) is 8.41. The minimum atomic E-state index is -0.949. The van der Waals surface area contributed by atoms with Gasteiger partial charge in [-0.1, -0.05) is 24.3 Å². The highest BCUT2D eigenvalue weighted by Gasteiger charge is 2.24. The van der Waals surface area contributed by atoms with Crippen molar-refractivity contribution in [1.29, 1.82) is 0 Å². The van der Waals surface area contributed by atoms with E-state index in [1.54, 1.807) is 42.6 Å². The lowest BCUT2D eigenvalue weighted by Crippen LogP contribution is -2.33. The molecule has 2 N–H and O–H groups in total. The molecule has 0 saturated heterocycles. The molecule has 0 radical (unpaired) electrons. The van der Waals surface area contributed by atoms with Gasteiger partial charge in [0, 0.05) is 18.8 Å².